The lowest BCUT2D eigenvalue weighted by atomic mass is 9.96. The molecule has 1 saturated heterocycles. The Hall–Kier alpha value is -1.24. The first-order chi connectivity index (χ1) is 12.0. The molecule has 0 aromatic heterocycles. The molecule has 1 aromatic carbocycles. The van der Waals surface area contributed by atoms with E-state index in [4.69, 9.17) is 4.74 Å². The normalized spacial score (nSPS) is 16.6. The van der Waals surface area contributed by atoms with Gasteiger partial charge in [0.2, 0.25) is 0 Å². The van der Waals surface area contributed by atoms with E-state index in [9.17, 15) is 13.2 Å². The van der Waals surface area contributed by atoms with Gasteiger partial charge in [-0.15, -0.1) is 19.0 Å². The van der Waals surface area contributed by atoms with Crippen LogP contribution in [0.3, 0.4) is 0 Å². The van der Waals surface area contributed by atoms with Gasteiger partial charge in [0.05, 0.1) is 12.7 Å². The van der Waals surface area contributed by atoms with Gasteiger partial charge >= 0.3 is 6.18 Å². The lowest BCUT2D eigenvalue weighted by Crippen LogP contribution is -2.45. The average Bonchev–Trinajstić information content (AvgIpc) is 2.61. The van der Waals surface area contributed by atoms with Crippen molar-refractivity contribution in [1.29, 1.82) is 0 Å². The van der Waals surface area contributed by atoms with Crippen LogP contribution in [-0.4, -0.2) is 38.2 Å². The minimum atomic E-state index is -4.36. The van der Waals surface area contributed by atoms with Gasteiger partial charge in [-0.2, -0.15) is 13.2 Å². The molecule has 1 fully saturated rings. The van der Waals surface area contributed by atoms with Gasteiger partial charge in [0, 0.05) is 37.8 Å². The Balaban J connectivity index is 0.00000338. The zero-order valence-electron chi connectivity index (χ0n) is 15.1. The summed E-state index contributed by atoms with van der Waals surface area (Å²) in [6, 6.07) is 3.94. The van der Waals surface area contributed by atoms with E-state index < -0.39 is 11.7 Å². The summed E-state index contributed by atoms with van der Waals surface area (Å²) in [5, 5.41) is 3.32. The highest BCUT2D eigenvalue weighted by molar-refractivity contribution is 5.85. The number of ether oxygens (including phenoxy) is 1. The SMILES string of the molecule is C=CCCCC[C@H](c1ccc(C(F)(F)F)cc1OC)N1CCNCC1.Cl. The fourth-order valence-corrected chi connectivity index (χ4v) is 3.32. The van der Waals surface area contributed by atoms with Gasteiger partial charge in [0.1, 0.15) is 5.75 Å². The first kappa shape index (κ1) is 22.8. The second-order valence-corrected chi connectivity index (χ2v) is 6.33. The Morgan fingerprint density at radius 1 is 1.27 bits per heavy atom. The lowest BCUT2D eigenvalue weighted by molar-refractivity contribution is -0.137. The molecule has 1 aliphatic heterocycles. The summed E-state index contributed by atoms with van der Waals surface area (Å²) in [6.07, 6.45) is 1.44. The van der Waals surface area contributed by atoms with E-state index in [1.165, 1.54) is 7.11 Å². The summed E-state index contributed by atoms with van der Waals surface area (Å²) in [6.45, 7) is 7.30. The van der Waals surface area contributed by atoms with Crippen LogP contribution < -0.4 is 10.1 Å². The van der Waals surface area contributed by atoms with Crippen molar-refractivity contribution >= 4 is 12.4 Å². The third-order valence-corrected chi connectivity index (χ3v) is 4.65. The summed E-state index contributed by atoms with van der Waals surface area (Å²) in [7, 11) is 1.44. The van der Waals surface area contributed by atoms with Crippen LogP contribution in [0.5, 0.6) is 5.75 Å². The molecular formula is C19H28ClF3N2O. The minimum absolute atomic E-state index is 0. The Morgan fingerprint density at radius 3 is 2.54 bits per heavy atom. The molecule has 1 atom stereocenters. The van der Waals surface area contributed by atoms with E-state index in [1.807, 2.05) is 6.08 Å². The Labute approximate surface area is 160 Å². The molecule has 1 aromatic rings. The zero-order chi connectivity index (χ0) is 18.3. The van der Waals surface area contributed by atoms with Crippen LogP contribution in [0.15, 0.2) is 30.9 Å². The highest BCUT2D eigenvalue weighted by atomic mass is 35.5. The fraction of sp³-hybridized carbons (Fsp3) is 0.579. The van der Waals surface area contributed by atoms with E-state index in [0.717, 1.165) is 69.6 Å². The highest BCUT2D eigenvalue weighted by Gasteiger charge is 2.32. The van der Waals surface area contributed by atoms with Crippen LogP contribution in [0, 0.1) is 0 Å². The predicted molar refractivity (Wildman–Crippen MR) is 101 cm³/mol. The van der Waals surface area contributed by atoms with Crippen LogP contribution >= 0.6 is 12.4 Å². The molecule has 1 heterocycles. The van der Waals surface area contributed by atoms with Gasteiger partial charge in [-0.3, -0.25) is 4.90 Å². The molecule has 0 aliphatic carbocycles. The van der Waals surface area contributed by atoms with Crippen LogP contribution in [0.4, 0.5) is 13.2 Å². The Kier molecular flexibility index (Phi) is 9.47. The van der Waals surface area contributed by atoms with Crippen molar-refractivity contribution < 1.29 is 17.9 Å². The minimum Gasteiger partial charge on any atom is -0.496 e. The maximum absolute atomic E-state index is 13.0. The molecule has 26 heavy (non-hydrogen) atoms. The van der Waals surface area contributed by atoms with E-state index >= 15 is 0 Å². The molecule has 0 saturated carbocycles. The van der Waals surface area contributed by atoms with Crippen LogP contribution in [0.2, 0.25) is 0 Å². The zero-order valence-corrected chi connectivity index (χ0v) is 16.0. The van der Waals surface area contributed by atoms with Crippen molar-refractivity contribution in [2.75, 3.05) is 33.3 Å². The third-order valence-electron chi connectivity index (χ3n) is 4.65. The van der Waals surface area contributed by atoms with Gasteiger partial charge in [-0.1, -0.05) is 18.6 Å². The number of alkyl halides is 3. The number of piperazine rings is 1. The maximum Gasteiger partial charge on any atom is 0.416 e. The van der Waals surface area contributed by atoms with Crippen molar-refractivity contribution in [3.63, 3.8) is 0 Å². The summed E-state index contributed by atoms with van der Waals surface area (Å²) >= 11 is 0. The molecule has 0 radical (unpaired) electrons. The molecule has 0 amide bonds. The number of allylic oxidation sites excluding steroid dienone is 1. The standard InChI is InChI=1S/C19H27F3N2O.ClH/c1-3-4-5-6-7-17(24-12-10-23-11-13-24)16-9-8-15(19(20,21)22)14-18(16)25-2;/h3,8-9,14,17,23H,1,4-7,10-13H2,2H3;1H/t17-;/m1./s1. The molecule has 0 spiro atoms. The molecular weight excluding hydrogens is 365 g/mol. The molecule has 2 rings (SSSR count). The third kappa shape index (κ3) is 6.18. The molecule has 0 unspecified atom stereocenters. The molecule has 1 N–H and O–H groups in total. The summed E-state index contributed by atoms with van der Waals surface area (Å²) in [5.41, 5.74) is 0.176. The molecule has 148 valence electrons. The second kappa shape index (κ2) is 10.8. The lowest BCUT2D eigenvalue weighted by Gasteiger charge is -2.36. The van der Waals surface area contributed by atoms with E-state index in [0.29, 0.717) is 5.75 Å². The number of hydrogen-bond donors (Lipinski definition) is 1. The second-order valence-electron chi connectivity index (χ2n) is 6.33. The number of hydrogen-bond acceptors (Lipinski definition) is 3. The van der Waals surface area contributed by atoms with Crippen molar-refractivity contribution in [1.82, 2.24) is 10.2 Å². The number of methoxy groups -OCH3 is 1. The Morgan fingerprint density at radius 2 is 1.96 bits per heavy atom. The van der Waals surface area contributed by atoms with Crippen LogP contribution in [-0.2, 0) is 6.18 Å². The van der Waals surface area contributed by atoms with Crippen LogP contribution in [0.25, 0.3) is 0 Å². The van der Waals surface area contributed by atoms with E-state index in [1.54, 1.807) is 6.07 Å². The van der Waals surface area contributed by atoms with Crippen molar-refractivity contribution in [3.05, 3.63) is 42.0 Å². The Bertz CT molecular complexity index is 560. The summed E-state index contributed by atoms with van der Waals surface area (Å²) < 4.78 is 44.3. The van der Waals surface area contributed by atoms with E-state index in [-0.39, 0.29) is 18.4 Å². The van der Waals surface area contributed by atoms with Crippen molar-refractivity contribution in [3.8, 4) is 5.75 Å². The number of halogens is 4. The number of unbranched alkanes of at least 4 members (excludes halogenated alkanes) is 2. The van der Waals surface area contributed by atoms with Crippen LogP contribution in [0.1, 0.15) is 42.9 Å². The molecule has 3 nitrogen and oxygen atoms in total. The number of nitrogens with zero attached hydrogens (tertiary/aromatic N) is 1. The quantitative estimate of drug-likeness (QED) is 0.506. The van der Waals surface area contributed by atoms with E-state index in [2.05, 4.69) is 16.8 Å². The number of benzene rings is 1. The van der Waals surface area contributed by atoms with Gasteiger partial charge in [-0.05, 0) is 31.4 Å². The highest BCUT2D eigenvalue weighted by Crippen LogP contribution is 2.38. The largest absolute Gasteiger partial charge is 0.496 e. The van der Waals surface area contributed by atoms with Crippen molar-refractivity contribution in [2.45, 2.75) is 37.9 Å². The topological polar surface area (TPSA) is 24.5 Å². The molecule has 7 heteroatoms. The average molecular weight is 393 g/mol. The molecule has 0 bridgehead atoms. The van der Waals surface area contributed by atoms with Gasteiger partial charge < -0.3 is 10.1 Å². The van der Waals surface area contributed by atoms with Crippen molar-refractivity contribution in [2.24, 2.45) is 0 Å². The maximum atomic E-state index is 13.0. The summed E-state index contributed by atoms with van der Waals surface area (Å²) in [5.74, 6) is 0.321. The number of rotatable bonds is 8. The number of nitrogens with one attached hydrogen (secondary N) is 1. The smallest absolute Gasteiger partial charge is 0.416 e. The first-order valence-corrected chi connectivity index (χ1v) is 8.78. The van der Waals surface area contributed by atoms with Gasteiger partial charge in [-0.25, -0.2) is 0 Å². The predicted octanol–water partition coefficient (Wildman–Crippen LogP) is 4.83. The fourth-order valence-electron chi connectivity index (χ4n) is 3.32. The van der Waals surface area contributed by atoms with Gasteiger partial charge in [0.15, 0.2) is 0 Å². The molecule has 1 aliphatic rings. The summed E-state index contributed by atoms with van der Waals surface area (Å²) in [4.78, 5) is 2.34. The monoisotopic (exact) mass is 392 g/mol. The van der Waals surface area contributed by atoms with Gasteiger partial charge in [0.25, 0.3) is 0 Å². The first-order valence-electron chi connectivity index (χ1n) is 8.78.